The normalized spacial score (nSPS) is 11.9. The van der Waals surface area contributed by atoms with Crippen molar-refractivity contribution in [2.75, 3.05) is 48.3 Å². The Balaban J connectivity index is 0.000000279. The summed E-state index contributed by atoms with van der Waals surface area (Å²) in [6.45, 7) is 4.05. The van der Waals surface area contributed by atoms with Gasteiger partial charge in [-0.25, -0.2) is 4.79 Å². The zero-order valence-electron chi connectivity index (χ0n) is 19.3. The molecular formula is C23H29Cl2IO7. The topological polar surface area (TPSA) is 72.5 Å². The average Bonchev–Trinajstić information content (AvgIpc) is 3.41. The lowest BCUT2D eigenvalue weighted by molar-refractivity contribution is 0.0525. The molecule has 10 heteroatoms. The van der Waals surface area contributed by atoms with E-state index in [4.69, 9.17) is 51.6 Å². The molecule has 2 aromatic carbocycles. The minimum absolute atomic E-state index is 0.312. The van der Waals surface area contributed by atoms with E-state index in [1.807, 2.05) is 12.1 Å². The highest BCUT2D eigenvalue weighted by Crippen LogP contribution is 2.36. The molecule has 33 heavy (non-hydrogen) atoms. The van der Waals surface area contributed by atoms with E-state index in [0.717, 1.165) is 16.8 Å². The fraction of sp³-hybridized carbons (Fsp3) is 0.435. The summed E-state index contributed by atoms with van der Waals surface area (Å²) in [4.78, 5) is 11.5. The number of carbonyl (C=O) groups is 1. The maximum Gasteiger partial charge on any atom is 0.338 e. The maximum atomic E-state index is 11.5. The second kappa shape index (κ2) is 16.1. The monoisotopic (exact) mass is 614 g/mol. The first-order valence-electron chi connectivity index (χ1n) is 10.1. The number of methoxy groups -OCH3 is 4. The molecule has 0 spiro atoms. The number of benzene rings is 2. The predicted molar refractivity (Wildman–Crippen MR) is 138 cm³/mol. The van der Waals surface area contributed by atoms with Crippen LogP contribution in [0.4, 0.5) is 0 Å². The van der Waals surface area contributed by atoms with Crippen molar-refractivity contribution in [1.29, 1.82) is 0 Å². The van der Waals surface area contributed by atoms with E-state index in [1.54, 1.807) is 21.1 Å². The van der Waals surface area contributed by atoms with Crippen LogP contribution in [0, 0.1) is 3.57 Å². The Hall–Kier alpha value is -1.62. The smallest absolute Gasteiger partial charge is 0.338 e. The summed E-state index contributed by atoms with van der Waals surface area (Å²) in [6.07, 6.45) is 2.56. The van der Waals surface area contributed by atoms with Gasteiger partial charge < -0.3 is 28.4 Å². The van der Waals surface area contributed by atoms with Crippen LogP contribution in [0.5, 0.6) is 23.0 Å². The molecule has 0 aromatic heterocycles. The van der Waals surface area contributed by atoms with Crippen LogP contribution in [-0.2, 0) is 9.47 Å². The van der Waals surface area contributed by atoms with Crippen LogP contribution >= 0.6 is 45.8 Å². The van der Waals surface area contributed by atoms with Crippen LogP contribution in [-0.4, -0.2) is 54.2 Å². The van der Waals surface area contributed by atoms with E-state index in [0.29, 0.717) is 45.2 Å². The number of carbonyl (C=O) groups excluding carboxylic acids is 1. The summed E-state index contributed by atoms with van der Waals surface area (Å²) in [5.74, 6) is 1.60. The highest BCUT2D eigenvalue weighted by molar-refractivity contribution is 14.1. The molecule has 0 atom stereocenters. The number of halogens is 3. The molecule has 2 aromatic rings. The van der Waals surface area contributed by atoms with E-state index in [9.17, 15) is 4.79 Å². The van der Waals surface area contributed by atoms with Crippen molar-refractivity contribution in [2.45, 2.75) is 19.8 Å². The van der Waals surface area contributed by atoms with Gasteiger partial charge >= 0.3 is 5.97 Å². The molecule has 1 aliphatic heterocycles. The second-order valence-corrected chi connectivity index (χ2v) is 8.36. The van der Waals surface area contributed by atoms with Crippen molar-refractivity contribution >= 4 is 51.8 Å². The number of esters is 1. The van der Waals surface area contributed by atoms with Crippen LogP contribution in [0.2, 0.25) is 10.0 Å². The van der Waals surface area contributed by atoms with Crippen molar-refractivity contribution in [1.82, 2.24) is 0 Å². The largest absolute Gasteiger partial charge is 0.495 e. The molecule has 3 rings (SSSR count). The van der Waals surface area contributed by atoms with Gasteiger partial charge in [-0.1, -0.05) is 23.2 Å². The van der Waals surface area contributed by atoms with Crippen LogP contribution in [0.1, 0.15) is 30.1 Å². The number of ether oxygens (including phenoxy) is 6. The van der Waals surface area contributed by atoms with E-state index in [1.165, 1.54) is 39.2 Å². The Morgan fingerprint density at radius 2 is 1.24 bits per heavy atom. The minimum atomic E-state index is -0.434. The van der Waals surface area contributed by atoms with Crippen LogP contribution in [0.3, 0.4) is 0 Å². The van der Waals surface area contributed by atoms with Crippen molar-refractivity contribution < 1.29 is 33.2 Å². The summed E-state index contributed by atoms with van der Waals surface area (Å²) < 4.78 is 31.0. The summed E-state index contributed by atoms with van der Waals surface area (Å²) in [5.41, 5.74) is 0.347. The molecule has 7 nitrogen and oxygen atoms in total. The molecular weight excluding hydrogens is 586 g/mol. The summed E-state index contributed by atoms with van der Waals surface area (Å²) >= 11 is 14.1. The second-order valence-electron chi connectivity index (χ2n) is 6.36. The third-order valence-electron chi connectivity index (χ3n) is 4.19. The first kappa shape index (κ1) is 29.4. The molecule has 1 saturated heterocycles. The van der Waals surface area contributed by atoms with Crippen molar-refractivity contribution in [3.8, 4) is 23.0 Å². The Bertz CT molecular complexity index is 831. The molecule has 1 heterocycles. The summed E-state index contributed by atoms with van der Waals surface area (Å²) in [6, 6.07) is 6.74. The predicted octanol–water partition coefficient (Wildman–Crippen LogP) is 6.29. The average molecular weight is 615 g/mol. The van der Waals surface area contributed by atoms with Gasteiger partial charge in [-0.15, -0.1) is 0 Å². The Labute approximate surface area is 218 Å². The van der Waals surface area contributed by atoms with Gasteiger partial charge in [-0.05, 0) is 66.6 Å². The highest BCUT2D eigenvalue weighted by Gasteiger charge is 2.15. The molecule has 0 unspecified atom stereocenters. The van der Waals surface area contributed by atoms with Gasteiger partial charge in [0.1, 0.15) is 33.0 Å². The maximum absolute atomic E-state index is 11.5. The lowest BCUT2D eigenvalue weighted by Crippen LogP contribution is -2.05. The molecule has 0 saturated carbocycles. The lowest BCUT2D eigenvalue weighted by Gasteiger charge is -2.10. The van der Waals surface area contributed by atoms with E-state index in [2.05, 4.69) is 22.6 Å². The van der Waals surface area contributed by atoms with Crippen LogP contribution in [0.15, 0.2) is 24.3 Å². The van der Waals surface area contributed by atoms with Crippen molar-refractivity contribution in [2.24, 2.45) is 0 Å². The zero-order valence-corrected chi connectivity index (χ0v) is 23.0. The van der Waals surface area contributed by atoms with Crippen molar-refractivity contribution in [3.05, 3.63) is 43.4 Å². The molecule has 1 fully saturated rings. The van der Waals surface area contributed by atoms with E-state index >= 15 is 0 Å². The number of rotatable bonds is 6. The van der Waals surface area contributed by atoms with Gasteiger partial charge in [0.15, 0.2) is 0 Å². The molecule has 1 aliphatic rings. The zero-order chi connectivity index (χ0) is 24.8. The molecule has 0 N–H and O–H groups in total. The van der Waals surface area contributed by atoms with Gasteiger partial charge in [0.05, 0.1) is 40.6 Å². The van der Waals surface area contributed by atoms with E-state index in [-0.39, 0.29) is 0 Å². The summed E-state index contributed by atoms with van der Waals surface area (Å²) in [7, 11) is 6.10. The third kappa shape index (κ3) is 9.64. The molecule has 0 amide bonds. The first-order valence-corrected chi connectivity index (χ1v) is 11.9. The Morgan fingerprint density at radius 1 is 0.848 bits per heavy atom. The SMILES string of the molecule is C1CCOC1.CCOC(=O)c1cc(OC)c(Cl)c(OC)c1.COc1cc(I)cc(OC)c1Cl. The molecule has 0 bridgehead atoms. The standard InChI is InChI=1S/C11H13ClO4.C8H8ClIO2.C4H8O/c1-4-16-11(13)7-5-8(14-2)10(12)9(6-7)15-3;1-11-6-3-5(10)4-7(12-2)8(6)9;1-2-4-5-3-1/h5-6H,4H2,1-3H3;3-4H,1-2H3;1-4H2. The quantitative estimate of drug-likeness (QED) is 0.280. The van der Waals surface area contributed by atoms with Gasteiger partial charge in [-0.2, -0.15) is 0 Å². The van der Waals surface area contributed by atoms with Gasteiger partial charge in [0, 0.05) is 16.8 Å². The first-order chi connectivity index (χ1) is 15.8. The fourth-order valence-corrected chi connectivity index (χ4v) is 3.64. The van der Waals surface area contributed by atoms with E-state index < -0.39 is 5.97 Å². The molecule has 0 radical (unpaired) electrons. The minimum Gasteiger partial charge on any atom is -0.495 e. The lowest BCUT2D eigenvalue weighted by atomic mass is 10.2. The highest BCUT2D eigenvalue weighted by atomic mass is 127. The Morgan fingerprint density at radius 3 is 1.55 bits per heavy atom. The summed E-state index contributed by atoms with van der Waals surface area (Å²) in [5, 5.41) is 0.846. The van der Waals surface area contributed by atoms with Crippen molar-refractivity contribution in [3.63, 3.8) is 0 Å². The number of hydrogen-bond acceptors (Lipinski definition) is 7. The third-order valence-corrected chi connectivity index (χ3v) is 5.56. The van der Waals surface area contributed by atoms with Crippen LogP contribution in [0.25, 0.3) is 0 Å². The molecule has 184 valence electrons. The van der Waals surface area contributed by atoms with Gasteiger partial charge in [-0.3, -0.25) is 0 Å². The molecule has 0 aliphatic carbocycles. The Kier molecular flexibility index (Phi) is 14.3. The van der Waals surface area contributed by atoms with Crippen LogP contribution < -0.4 is 18.9 Å². The number of hydrogen-bond donors (Lipinski definition) is 0. The van der Waals surface area contributed by atoms with Gasteiger partial charge in [0.2, 0.25) is 0 Å². The van der Waals surface area contributed by atoms with Gasteiger partial charge in [0.25, 0.3) is 0 Å². The fourth-order valence-electron chi connectivity index (χ4n) is 2.55.